The van der Waals surface area contributed by atoms with Crippen LogP contribution >= 0.6 is 12.2 Å². The Kier molecular flexibility index (Phi) is 5.73. The zero-order valence-corrected chi connectivity index (χ0v) is 15.3. The molecule has 3 aromatic rings. The minimum atomic E-state index is 0. The maximum atomic E-state index is 5.28. The van der Waals surface area contributed by atoms with Crippen LogP contribution in [0.2, 0.25) is 0 Å². The fraction of sp³-hybridized carbons (Fsp3) is 0. The van der Waals surface area contributed by atoms with Crippen LogP contribution in [-0.4, -0.2) is 4.32 Å². The Morgan fingerprint density at radius 1 is 0.810 bits per heavy atom. The van der Waals surface area contributed by atoms with Crippen molar-refractivity contribution in [3.8, 4) is 0 Å². The van der Waals surface area contributed by atoms with Gasteiger partial charge in [0.05, 0.1) is 5.69 Å². The number of nitrogens with zero attached hydrogens (tertiary/aromatic N) is 1. The third kappa shape index (κ3) is 3.44. The van der Waals surface area contributed by atoms with Gasteiger partial charge < -0.3 is 29.7 Å². The largest absolute Gasteiger partial charge is 1.00 e. The molecule has 0 aromatic heterocycles. The number of hydrogen-bond acceptors (Lipinski definition) is 2. The van der Waals surface area contributed by atoms with Gasteiger partial charge in [-0.1, -0.05) is 58.9 Å². The van der Waals surface area contributed by atoms with Gasteiger partial charge in [0, 0.05) is 11.1 Å². The summed E-state index contributed by atoms with van der Waals surface area (Å²) in [5.74, 6) is 0. The molecule has 0 amide bonds. The van der Waals surface area contributed by atoms with Crippen LogP contribution in [0.4, 0.5) is 11.4 Å². The van der Waals surface area contributed by atoms with E-state index in [2.05, 4.69) is 18.2 Å². The number of anilines is 2. The van der Waals surface area contributed by atoms with Gasteiger partial charge in [0.2, 0.25) is 0 Å². The molecule has 98 valence electrons. The van der Waals surface area contributed by atoms with Crippen molar-refractivity contribution in [1.82, 2.24) is 0 Å². The molecule has 0 aliphatic heterocycles. The van der Waals surface area contributed by atoms with Crippen molar-refractivity contribution >= 4 is 51.3 Å². The van der Waals surface area contributed by atoms with Crippen molar-refractivity contribution in [2.24, 2.45) is 0 Å². The Hall–Kier alpha value is -0.970. The van der Waals surface area contributed by atoms with E-state index in [1.807, 2.05) is 59.5 Å². The first kappa shape index (κ1) is 16.4. The van der Waals surface area contributed by atoms with E-state index in [0.29, 0.717) is 4.32 Å². The summed E-state index contributed by atoms with van der Waals surface area (Å²) < 4.78 is 0.424. The van der Waals surface area contributed by atoms with Gasteiger partial charge in [0.25, 0.3) is 0 Å². The van der Waals surface area contributed by atoms with Gasteiger partial charge in [0.15, 0.2) is 0 Å². The standard InChI is InChI=1S/C17H13NS2.Na/c19-17(20)18(14-9-2-1-3-10-14)16-12-6-8-13-7-4-5-11-15(13)16;/h1-12H,(H,19,20);/q;+1/p-1. The maximum absolute atomic E-state index is 5.28. The summed E-state index contributed by atoms with van der Waals surface area (Å²) in [5, 5.41) is 2.32. The Labute approximate surface area is 157 Å². The molecule has 0 saturated heterocycles. The van der Waals surface area contributed by atoms with Crippen molar-refractivity contribution in [3.63, 3.8) is 0 Å². The van der Waals surface area contributed by atoms with Gasteiger partial charge in [-0.05, 0) is 23.6 Å². The van der Waals surface area contributed by atoms with Crippen molar-refractivity contribution in [3.05, 3.63) is 72.8 Å². The van der Waals surface area contributed by atoms with E-state index < -0.39 is 0 Å². The first-order valence-electron chi connectivity index (χ1n) is 6.31. The second-order valence-corrected chi connectivity index (χ2v) is 5.47. The third-order valence-corrected chi connectivity index (χ3v) is 3.57. The van der Waals surface area contributed by atoms with Crippen LogP contribution in [-0.2, 0) is 12.6 Å². The average molecular weight is 317 g/mol. The minimum absolute atomic E-state index is 0. The van der Waals surface area contributed by atoms with E-state index in [1.54, 1.807) is 0 Å². The smallest absolute Gasteiger partial charge is 0.411 e. The van der Waals surface area contributed by atoms with E-state index in [9.17, 15) is 0 Å². The molecule has 0 heterocycles. The zero-order chi connectivity index (χ0) is 13.9. The van der Waals surface area contributed by atoms with Crippen molar-refractivity contribution in [1.29, 1.82) is 0 Å². The summed E-state index contributed by atoms with van der Waals surface area (Å²) in [7, 11) is 0. The first-order chi connectivity index (χ1) is 9.77. The minimum Gasteiger partial charge on any atom is -0.411 e. The summed E-state index contributed by atoms with van der Waals surface area (Å²) in [4.78, 5) is 1.94. The number of benzene rings is 3. The molecule has 0 aliphatic carbocycles. The molecule has 0 unspecified atom stereocenters. The Bertz CT molecular complexity index is 754. The van der Waals surface area contributed by atoms with E-state index in [1.165, 1.54) is 5.39 Å². The Balaban J connectivity index is 0.00000161. The number of thiocarbonyl (C=S) groups is 1. The summed E-state index contributed by atoms with van der Waals surface area (Å²) in [6.07, 6.45) is 0. The molecule has 0 atom stereocenters. The van der Waals surface area contributed by atoms with Crippen LogP contribution in [0.15, 0.2) is 72.8 Å². The van der Waals surface area contributed by atoms with Gasteiger partial charge in [0.1, 0.15) is 0 Å². The Morgan fingerprint density at radius 3 is 2.14 bits per heavy atom. The average Bonchev–Trinajstić information content (AvgIpc) is 2.48. The molecular weight excluding hydrogens is 305 g/mol. The van der Waals surface area contributed by atoms with Gasteiger partial charge in [-0.15, -0.1) is 0 Å². The predicted octanol–water partition coefficient (Wildman–Crippen LogP) is 1.81. The van der Waals surface area contributed by atoms with Gasteiger partial charge in [-0.25, -0.2) is 0 Å². The summed E-state index contributed by atoms with van der Waals surface area (Å²) in [6, 6.07) is 24.4. The van der Waals surface area contributed by atoms with Crippen LogP contribution in [0.25, 0.3) is 10.8 Å². The molecule has 0 spiro atoms. The molecule has 3 aromatic carbocycles. The summed E-state index contributed by atoms with van der Waals surface area (Å²) >= 11 is 10.6. The molecular formula is C17H12NNaS2. The van der Waals surface area contributed by atoms with Gasteiger partial charge in [-0.2, -0.15) is 0 Å². The van der Waals surface area contributed by atoms with Crippen LogP contribution < -0.4 is 34.5 Å². The molecule has 4 heteroatoms. The van der Waals surface area contributed by atoms with Crippen LogP contribution in [0.3, 0.4) is 0 Å². The molecule has 0 radical (unpaired) electrons. The van der Waals surface area contributed by atoms with E-state index in [-0.39, 0.29) is 29.6 Å². The van der Waals surface area contributed by atoms with Crippen LogP contribution in [0, 0.1) is 0 Å². The van der Waals surface area contributed by atoms with E-state index >= 15 is 0 Å². The van der Waals surface area contributed by atoms with E-state index in [4.69, 9.17) is 24.8 Å². The monoisotopic (exact) mass is 317 g/mol. The zero-order valence-electron chi connectivity index (χ0n) is 11.7. The molecule has 0 saturated carbocycles. The molecule has 0 N–H and O–H groups in total. The van der Waals surface area contributed by atoms with Crippen molar-refractivity contribution < 1.29 is 29.6 Å². The number of rotatable bonds is 2. The van der Waals surface area contributed by atoms with Crippen molar-refractivity contribution in [2.75, 3.05) is 4.90 Å². The molecule has 3 rings (SSSR count). The summed E-state index contributed by atoms with van der Waals surface area (Å²) in [5.41, 5.74) is 2.01. The second-order valence-electron chi connectivity index (χ2n) is 4.44. The Morgan fingerprint density at radius 2 is 1.43 bits per heavy atom. The van der Waals surface area contributed by atoms with Gasteiger partial charge >= 0.3 is 29.6 Å². The number of hydrogen-bond donors (Lipinski definition) is 0. The SMILES string of the molecule is S=C([S-])N(c1ccccc1)c1cccc2ccccc12.[Na+]. The number of para-hydroxylation sites is 1. The second kappa shape index (κ2) is 7.34. The van der Waals surface area contributed by atoms with Crippen molar-refractivity contribution in [2.45, 2.75) is 0 Å². The van der Waals surface area contributed by atoms with Gasteiger partial charge in [-0.3, -0.25) is 0 Å². The summed E-state index contributed by atoms with van der Waals surface area (Å²) in [6.45, 7) is 0. The molecule has 0 aliphatic rings. The molecule has 0 bridgehead atoms. The fourth-order valence-electron chi connectivity index (χ4n) is 2.32. The maximum Gasteiger partial charge on any atom is 1.00 e. The molecule has 21 heavy (non-hydrogen) atoms. The molecule has 0 fully saturated rings. The molecule has 1 nitrogen and oxygen atoms in total. The predicted molar refractivity (Wildman–Crippen MR) is 92.5 cm³/mol. The third-order valence-electron chi connectivity index (χ3n) is 3.20. The van der Waals surface area contributed by atoms with Crippen LogP contribution in [0.1, 0.15) is 0 Å². The fourth-order valence-corrected chi connectivity index (χ4v) is 2.73. The topological polar surface area (TPSA) is 3.24 Å². The normalized spacial score (nSPS) is 9.90. The van der Waals surface area contributed by atoms with E-state index in [0.717, 1.165) is 16.8 Å². The number of fused-ring (bicyclic) bond motifs is 1. The van der Waals surface area contributed by atoms with Crippen LogP contribution in [0.5, 0.6) is 0 Å². The quantitative estimate of drug-likeness (QED) is 0.403. The first-order valence-corrected chi connectivity index (χ1v) is 7.13.